The maximum Gasteiger partial charge on any atom is 0.339 e. The summed E-state index contributed by atoms with van der Waals surface area (Å²) in [6, 6.07) is 22.0. The van der Waals surface area contributed by atoms with Gasteiger partial charge in [-0.2, -0.15) is 0 Å². The summed E-state index contributed by atoms with van der Waals surface area (Å²) >= 11 is 0. The Morgan fingerprint density at radius 1 is 0.977 bits per heavy atom. The monoisotopic (exact) mass is 580 g/mol. The number of benzene rings is 3. The molecule has 3 aromatic carbocycles. The summed E-state index contributed by atoms with van der Waals surface area (Å²) in [7, 11) is 0. The van der Waals surface area contributed by atoms with Gasteiger partial charge >= 0.3 is 12.0 Å². The van der Waals surface area contributed by atoms with Crippen LogP contribution in [-0.4, -0.2) is 33.2 Å². The highest BCUT2D eigenvalue weighted by atomic mass is 16.6. The van der Waals surface area contributed by atoms with Gasteiger partial charge in [0.05, 0.1) is 16.6 Å². The molecule has 0 aliphatic heterocycles. The summed E-state index contributed by atoms with van der Waals surface area (Å²) < 4.78 is 7.92. The number of aromatic nitrogens is 2. The molecular weight excluding hydrogens is 536 g/mol. The normalized spacial score (nSPS) is 14.0. The van der Waals surface area contributed by atoms with Crippen LogP contribution in [0, 0.1) is 0 Å². The molecule has 1 aliphatic carbocycles. The van der Waals surface area contributed by atoms with Gasteiger partial charge in [-0.3, -0.25) is 0 Å². The van der Waals surface area contributed by atoms with Crippen molar-refractivity contribution in [2.24, 2.45) is 0 Å². The van der Waals surface area contributed by atoms with Crippen molar-refractivity contribution in [2.45, 2.75) is 97.2 Å². The Balaban J connectivity index is 1.38. The maximum atomic E-state index is 12.9. The second-order valence-corrected chi connectivity index (χ2v) is 12.6. The molecule has 0 unspecified atom stereocenters. The first-order chi connectivity index (χ1) is 20.7. The molecule has 2 amide bonds. The SMILES string of the molecule is CCCCc1nc2ccc(NC(=O)NC3CCCCC3)cc2n1Cc1ccc(-c2ccccc2C(=O)OC(C)(C)C)cc1. The summed E-state index contributed by atoms with van der Waals surface area (Å²) in [5.41, 5.74) is 5.62. The number of anilines is 1. The van der Waals surface area contributed by atoms with Crippen molar-refractivity contribution < 1.29 is 14.3 Å². The van der Waals surface area contributed by atoms with Crippen LogP contribution in [0.4, 0.5) is 10.5 Å². The smallest absolute Gasteiger partial charge is 0.339 e. The number of unbranched alkanes of at least 4 members (excludes halogenated alkanes) is 1. The molecule has 1 saturated carbocycles. The molecule has 43 heavy (non-hydrogen) atoms. The topological polar surface area (TPSA) is 85.3 Å². The molecule has 0 saturated heterocycles. The van der Waals surface area contributed by atoms with Gasteiger partial charge < -0.3 is 19.9 Å². The summed E-state index contributed by atoms with van der Waals surface area (Å²) in [6.07, 6.45) is 8.72. The second kappa shape index (κ2) is 13.4. The summed E-state index contributed by atoms with van der Waals surface area (Å²) in [5.74, 6) is 0.717. The lowest BCUT2D eigenvalue weighted by Crippen LogP contribution is -2.39. The van der Waals surface area contributed by atoms with E-state index in [9.17, 15) is 9.59 Å². The van der Waals surface area contributed by atoms with Gasteiger partial charge in [0.15, 0.2) is 0 Å². The molecule has 4 aromatic rings. The first kappa shape index (κ1) is 30.3. The predicted molar refractivity (Wildman–Crippen MR) is 174 cm³/mol. The molecule has 1 aromatic heterocycles. The summed E-state index contributed by atoms with van der Waals surface area (Å²) in [5, 5.41) is 6.19. The summed E-state index contributed by atoms with van der Waals surface area (Å²) in [4.78, 5) is 30.6. The van der Waals surface area contributed by atoms with E-state index in [-0.39, 0.29) is 18.0 Å². The first-order valence-corrected chi connectivity index (χ1v) is 15.7. The Kier molecular flexibility index (Phi) is 9.49. The van der Waals surface area contributed by atoms with Gasteiger partial charge in [-0.1, -0.05) is 75.1 Å². The fraction of sp³-hybridized carbons (Fsp3) is 0.417. The van der Waals surface area contributed by atoms with Crippen molar-refractivity contribution in [3.8, 4) is 11.1 Å². The molecule has 7 nitrogen and oxygen atoms in total. The van der Waals surface area contributed by atoms with Crippen LogP contribution in [-0.2, 0) is 17.7 Å². The zero-order valence-electron chi connectivity index (χ0n) is 25.9. The molecule has 1 aliphatic rings. The van der Waals surface area contributed by atoms with E-state index >= 15 is 0 Å². The summed E-state index contributed by atoms with van der Waals surface area (Å²) in [6.45, 7) is 8.47. The van der Waals surface area contributed by atoms with Crippen molar-refractivity contribution in [2.75, 3.05) is 5.32 Å². The van der Waals surface area contributed by atoms with Crippen molar-refractivity contribution in [3.05, 3.63) is 83.7 Å². The predicted octanol–water partition coefficient (Wildman–Crippen LogP) is 8.50. The highest BCUT2D eigenvalue weighted by molar-refractivity contribution is 5.97. The van der Waals surface area contributed by atoms with E-state index in [2.05, 4.69) is 46.4 Å². The number of nitrogens with zero attached hydrogens (tertiary/aromatic N) is 2. The number of carbonyl (C=O) groups is 2. The van der Waals surface area contributed by atoms with Crippen molar-refractivity contribution in [1.29, 1.82) is 0 Å². The van der Waals surface area contributed by atoms with Gasteiger partial charge in [-0.15, -0.1) is 0 Å². The van der Waals surface area contributed by atoms with E-state index in [1.54, 1.807) is 0 Å². The van der Waals surface area contributed by atoms with Gasteiger partial charge in [0, 0.05) is 24.7 Å². The number of esters is 1. The van der Waals surface area contributed by atoms with E-state index in [4.69, 9.17) is 9.72 Å². The van der Waals surface area contributed by atoms with Gasteiger partial charge in [0.1, 0.15) is 11.4 Å². The van der Waals surface area contributed by atoms with Crippen LogP contribution in [0.1, 0.15) is 94.4 Å². The van der Waals surface area contributed by atoms with Crippen LogP contribution >= 0.6 is 0 Å². The largest absolute Gasteiger partial charge is 0.456 e. The fourth-order valence-electron chi connectivity index (χ4n) is 5.77. The third-order valence-electron chi connectivity index (χ3n) is 7.93. The van der Waals surface area contributed by atoms with E-state index in [0.29, 0.717) is 12.1 Å². The number of nitrogens with one attached hydrogen (secondary N) is 2. The molecule has 5 rings (SSSR count). The fourth-order valence-corrected chi connectivity index (χ4v) is 5.77. The standard InChI is InChI=1S/C36H44N4O3/c1-5-6-16-33-39-31-22-21-28(38-35(42)37-27-12-8-7-9-13-27)23-32(31)40(33)24-25-17-19-26(20-18-25)29-14-10-11-15-30(29)34(41)43-36(2,3)4/h10-11,14-15,17-23,27H,5-9,12-13,16,24H2,1-4H3,(H2,37,38,42). The molecule has 226 valence electrons. The first-order valence-electron chi connectivity index (χ1n) is 15.7. The molecule has 2 N–H and O–H groups in total. The van der Waals surface area contributed by atoms with E-state index in [0.717, 1.165) is 71.3 Å². The van der Waals surface area contributed by atoms with Crippen LogP contribution in [0.3, 0.4) is 0 Å². The average molecular weight is 581 g/mol. The number of fused-ring (bicyclic) bond motifs is 1. The van der Waals surface area contributed by atoms with Crippen LogP contribution < -0.4 is 10.6 Å². The number of imidazole rings is 1. The van der Waals surface area contributed by atoms with Gasteiger partial charge in [0.2, 0.25) is 0 Å². The minimum Gasteiger partial charge on any atom is -0.456 e. The van der Waals surface area contributed by atoms with Crippen molar-refractivity contribution in [3.63, 3.8) is 0 Å². The molecule has 1 heterocycles. The zero-order valence-corrected chi connectivity index (χ0v) is 25.9. The average Bonchev–Trinajstić information content (AvgIpc) is 3.32. The Bertz CT molecular complexity index is 1560. The van der Waals surface area contributed by atoms with Gasteiger partial charge in [-0.25, -0.2) is 14.6 Å². The molecule has 0 bridgehead atoms. The third kappa shape index (κ3) is 7.83. The number of rotatable bonds is 9. The minimum absolute atomic E-state index is 0.147. The van der Waals surface area contributed by atoms with E-state index in [1.807, 2.05) is 63.2 Å². The second-order valence-electron chi connectivity index (χ2n) is 12.6. The molecular formula is C36H44N4O3. The lowest BCUT2D eigenvalue weighted by molar-refractivity contribution is 0.00704. The van der Waals surface area contributed by atoms with Crippen LogP contribution in [0.15, 0.2) is 66.7 Å². The highest BCUT2D eigenvalue weighted by Gasteiger charge is 2.21. The number of hydrogen-bond acceptors (Lipinski definition) is 4. The number of urea groups is 1. The Morgan fingerprint density at radius 3 is 2.44 bits per heavy atom. The molecule has 0 atom stereocenters. The Morgan fingerprint density at radius 2 is 1.72 bits per heavy atom. The van der Waals surface area contributed by atoms with E-state index in [1.165, 1.54) is 19.3 Å². The Hall–Kier alpha value is -4.13. The number of aryl methyl sites for hydroxylation is 1. The lowest BCUT2D eigenvalue weighted by Gasteiger charge is -2.22. The van der Waals surface area contributed by atoms with E-state index < -0.39 is 5.60 Å². The number of carbonyl (C=O) groups excluding carboxylic acids is 2. The molecule has 0 spiro atoms. The van der Waals surface area contributed by atoms with Crippen LogP contribution in [0.5, 0.6) is 0 Å². The third-order valence-corrected chi connectivity index (χ3v) is 7.93. The number of hydrogen-bond donors (Lipinski definition) is 2. The Labute approximate surface area is 255 Å². The van der Waals surface area contributed by atoms with Crippen molar-refractivity contribution >= 4 is 28.7 Å². The minimum atomic E-state index is -0.564. The molecule has 0 radical (unpaired) electrons. The quantitative estimate of drug-likeness (QED) is 0.194. The number of amides is 2. The van der Waals surface area contributed by atoms with Crippen LogP contribution in [0.2, 0.25) is 0 Å². The van der Waals surface area contributed by atoms with Crippen molar-refractivity contribution in [1.82, 2.24) is 14.9 Å². The van der Waals surface area contributed by atoms with Gasteiger partial charge in [-0.05, 0) is 81.0 Å². The number of ether oxygens (including phenoxy) is 1. The zero-order chi connectivity index (χ0) is 30.4. The van der Waals surface area contributed by atoms with Gasteiger partial charge in [0.25, 0.3) is 0 Å². The molecule has 1 fully saturated rings. The maximum absolute atomic E-state index is 12.9. The van der Waals surface area contributed by atoms with Crippen LogP contribution in [0.25, 0.3) is 22.2 Å². The molecule has 7 heteroatoms. The highest BCUT2D eigenvalue weighted by Crippen LogP contribution is 2.28. The lowest BCUT2D eigenvalue weighted by atomic mass is 9.96.